The van der Waals surface area contributed by atoms with Crippen LogP contribution >= 0.6 is 12.6 Å². The van der Waals surface area contributed by atoms with Crippen LogP contribution in [0, 0.1) is 13.8 Å². The van der Waals surface area contributed by atoms with E-state index in [2.05, 4.69) is 94.1 Å². The molecule has 2 aromatic carbocycles. The minimum absolute atomic E-state index is 1.23. The molecule has 0 atom stereocenters. The lowest BCUT2D eigenvalue weighted by atomic mass is 9.97. The summed E-state index contributed by atoms with van der Waals surface area (Å²) in [7, 11) is 0. The molecule has 0 heterocycles. The summed E-state index contributed by atoms with van der Waals surface area (Å²) in [6, 6.07) is 17.0. The molecule has 124 valence electrons. The van der Waals surface area contributed by atoms with E-state index in [-0.39, 0.29) is 0 Å². The van der Waals surface area contributed by atoms with Gasteiger partial charge in [0.05, 0.1) is 0 Å². The van der Waals surface area contributed by atoms with Crippen molar-refractivity contribution in [1.29, 1.82) is 0 Å². The van der Waals surface area contributed by atoms with Crippen LogP contribution in [0.15, 0.2) is 60.7 Å². The lowest BCUT2D eigenvalue weighted by Crippen LogP contribution is -1.87. The molecule has 0 aliphatic rings. The minimum atomic E-state index is 1.23. The summed E-state index contributed by atoms with van der Waals surface area (Å²) >= 11 is 3.53. The Hall–Kier alpha value is -1.73. The van der Waals surface area contributed by atoms with Crippen LogP contribution < -0.4 is 0 Å². The number of thiol groups is 1. The third kappa shape index (κ3) is 7.38. The largest absolute Gasteiger partial charge is 0.183 e. The number of hydrogen-bond acceptors (Lipinski definition) is 1. The van der Waals surface area contributed by atoms with Gasteiger partial charge in [-0.2, -0.15) is 12.6 Å². The van der Waals surface area contributed by atoms with Gasteiger partial charge in [-0.1, -0.05) is 86.2 Å². The molecular weight excluding hydrogens is 296 g/mol. The smallest absolute Gasteiger partial charge is 0.0158 e. The standard InChI is InChI=1S/C19H20.C2H6.CH4S/c1-4-18(12-11-17-8-6-5-7-9-17)19-13-10-15(2)14-16(19)3;2*1-2/h4-14H,1-3H3;1-2H3;2H,1H3/b12-11+,18-4-;;. The molecular formula is C22H30S. The van der Waals surface area contributed by atoms with Gasteiger partial charge in [0.25, 0.3) is 0 Å². The van der Waals surface area contributed by atoms with E-state index in [4.69, 9.17) is 0 Å². The molecule has 0 unspecified atom stereocenters. The molecule has 0 saturated carbocycles. The number of hydrogen-bond donors (Lipinski definition) is 1. The maximum absolute atomic E-state index is 3.53. The molecule has 0 fully saturated rings. The van der Waals surface area contributed by atoms with Crippen LogP contribution in [0.25, 0.3) is 11.6 Å². The van der Waals surface area contributed by atoms with Crippen molar-refractivity contribution < 1.29 is 0 Å². The fourth-order valence-electron chi connectivity index (χ4n) is 2.23. The van der Waals surface area contributed by atoms with E-state index in [0.717, 1.165) is 0 Å². The second kappa shape index (κ2) is 12.8. The van der Waals surface area contributed by atoms with Crippen molar-refractivity contribution in [3.63, 3.8) is 0 Å². The van der Waals surface area contributed by atoms with Gasteiger partial charge >= 0.3 is 0 Å². The topological polar surface area (TPSA) is 0 Å². The second-order valence-corrected chi connectivity index (χ2v) is 4.81. The zero-order chi connectivity index (χ0) is 17.7. The minimum Gasteiger partial charge on any atom is -0.183 e. The summed E-state index contributed by atoms with van der Waals surface area (Å²) < 4.78 is 0. The van der Waals surface area contributed by atoms with Crippen molar-refractivity contribution in [1.82, 2.24) is 0 Å². The Morgan fingerprint density at radius 2 is 1.52 bits per heavy atom. The average Bonchev–Trinajstić information content (AvgIpc) is 2.61. The molecule has 0 bridgehead atoms. The normalized spacial score (nSPS) is 10.5. The van der Waals surface area contributed by atoms with Crippen molar-refractivity contribution in [2.75, 3.05) is 6.26 Å². The highest BCUT2D eigenvalue weighted by Gasteiger charge is 2.01. The third-order valence-electron chi connectivity index (χ3n) is 3.26. The van der Waals surface area contributed by atoms with E-state index >= 15 is 0 Å². The number of benzene rings is 2. The highest BCUT2D eigenvalue weighted by Crippen LogP contribution is 2.22. The van der Waals surface area contributed by atoms with Crippen molar-refractivity contribution in [2.24, 2.45) is 0 Å². The molecule has 0 aliphatic heterocycles. The summed E-state index contributed by atoms with van der Waals surface area (Å²) in [6.07, 6.45) is 8.21. The van der Waals surface area contributed by atoms with Crippen LogP contribution in [0.2, 0.25) is 0 Å². The predicted octanol–water partition coefficient (Wildman–Crippen LogP) is 6.99. The molecule has 0 amide bonds. The fraction of sp³-hybridized carbons (Fsp3) is 0.273. The highest BCUT2D eigenvalue weighted by atomic mass is 32.1. The van der Waals surface area contributed by atoms with Gasteiger partial charge in [-0.3, -0.25) is 0 Å². The molecule has 0 aromatic heterocycles. The number of rotatable bonds is 3. The van der Waals surface area contributed by atoms with E-state index in [1.54, 1.807) is 6.26 Å². The molecule has 1 heteroatoms. The maximum atomic E-state index is 3.53. The first-order valence-corrected chi connectivity index (χ1v) is 9.02. The Balaban J connectivity index is 0.00000112. The second-order valence-electron chi connectivity index (χ2n) is 4.81. The summed E-state index contributed by atoms with van der Waals surface area (Å²) in [5, 5.41) is 0. The van der Waals surface area contributed by atoms with Crippen LogP contribution in [0.1, 0.15) is 43.0 Å². The van der Waals surface area contributed by atoms with Crippen molar-refractivity contribution >= 4 is 24.3 Å². The van der Waals surface area contributed by atoms with E-state index < -0.39 is 0 Å². The Morgan fingerprint density at radius 3 is 2.04 bits per heavy atom. The maximum Gasteiger partial charge on any atom is -0.0158 e. The van der Waals surface area contributed by atoms with Crippen LogP contribution in [-0.4, -0.2) is 6.26 Å². The van der Waals surface area contributed by atoms with Crippen LogP contribution in [0.5, 0.6) is 0 Å². The Morgan fingerprint density at radius 1 is 0.913 bits per heavy atom. The van der Waals surface area contributed by atoms with Crippen LogP contribution in [-0.2, 0) is 0 Å². The molecule has 0 nitrogen and oxygen atoms in total. The van der Waals surface area contributed by atoms with Gasteiger partial charge in [0, 0.05) is 0 Å². The van der Waals surface area contributed by atoms with Gasteiger partial charge < -0.3 is 0 Å². The van der Waals surface area contributed by atoms with Crippen LogP contribution in [0.3, 0.4) is 0 Å². The molecule has 0 spiro atoms. The molecule has 2 aromatic rings. The molecule has 0 aliphatic carbocycles. The molecule has 0 radical (unpaired) electrons. The van der Waals surface area contributed by atoms with Crippen molar-refractivity contribution in [3.8, 4) is 0 Å². The lowest BCUT2D eigenvalue weighted by Gasteiger charge is -2.07. The Bertz CT molecular complexity index is 607. The SMILES string of the molecule is C/C=C(/C=C/c1ccccc1)c1ccc(C)cc1C.CC.CS. The summed E-state index contributed by atoms with van der Waals surface area (Å²) in [5.41, 5.74) is 6.43. The first kappa shape index (κ1) is 21.3. The van der Waals surface area contributed by atoms with E-state index in [1.165, 1.54) is 27.8 Å². The van der Waals surface area contributed by atoms with E-state index in [0.29, 0.717) is 0 Å². The van der Waals surface area contributed by atoms with Gasteiger partial charge in [0.1, 0.15) is 0 Å². The average molecular weight is 327 g/mol. The number of allylic oxidation sites excluding steroid dienone is 3. The van der Waals surface area contributed by atoms with Gasteiger partial charge in [0.2, 0.25) is 0 Å². The van der Waals surface area contributed by atoms with Crippen molar-refractivity contribution in [3.05, 3.63) is 82.9 Å². The van der Waals surface area contributed by atoms with E-state index in [1.807, 2.05) is 19.9 Å². The van der Waals surface area contributed by atoms with Crippen LogP contribution in [0.4, 0.5) is 0 Å². The molecule has 2 rings (SSSR count). The fourth-order valence-corrected chi connectivity index (χ4v) is 2.23. The monoisotopic (exact) mass is 326 g/mol. The summed E-state index contributed by atoms with van der Waals surface area (Å²) in [6.45, 7) is 10.4. The van der Waals surface area contributed by atoms with Gasteiger partial charge in [-0.25, -0.2) is 0 Å². The Labute approximate surface area is 148 Å². The summed E-state index contributed by atoms with van der Waals surface area (Å²) in [4.78, 5) is 0. The predicted molar refractivity (Wildman–Crippen MR) is 111 cm³/mol. The molecule has 23 heavy (non-hydrogen) atoms. The molecule has 0 N–H and O–H groups in total. The zero-order valence-corrected chi connectivity index (χ0v) is 16.2. The first-order valence-electron chi connectivity index (χ1n) is 8.12. The van der Waals surface area contributed by atoms with Gasteiger partial charge in [-0.15, -0.1) is 0 Å². The highest BCUT2D eigenvalue weighted by molar-refractivity contribution is 7.79. The quantitative estimate of drug-likeness (QED) is 0.456. The zero-order valence-electron chi connectivity index (χ0n) is 15.3. The van der Waals surface area contributed by atoms with Gasteiger partial charge in [0.15, 0.2) is 0 Å². The Kier molecular flexibility index (Phi) is 11.8. The molecule has 0 saturated heterocycles. The lowest BCUT2D eigenvalue weighted by molar-refractivity contribution is 1.36. The van der Waals surface area contributed by atoms with Gasteiger partial charge in [-0.05, 0) is 49.3 Å². The summed E-state index contributed by atoms with van der Waals surface area (Å²) in [5.74, 6) is 0. The number of aryl methyl sites for hydroxylation is 2. The first-order chi connectivity index (χ1) is 11.2. The van der Waals surface area contributed by atoms with Crippen molar-refractivity contribution in [2.45, 2.75) is 34.6 Å². The third-order valence-corrected chi connectivity index (χ3v) is 3.26. The van der Waals surface area contributed by atoms with E-state index in [9.17, 15) is 0 Å².